The molecule has 1 aromatic heterocycles. The number of pyridine rings is 1. The van der Waals surface area contributed by atoms with Gasteiger partial charge in [0.25, 0.3) is 0 Å². The molecule has 0 saturated carbocycles. The van der Waals surface area contributed by atoms with Crippen molar-refractivity contribution in [3.8, 4) is 11.5 Å². The summed E-state index contributed by atoms with van der Waals surface area (Å²) in [6, 6.07) is 18.4. The molecular weight excluding hydrogens is 333 g/mol. The zero-order valence-corrected chi connectivity index (χ0v) is 14.0. The van der Waals surface area contributed by atoms with Gasteiger partial charge in [0.2, 0.25) is 0 Å². The van der Waals surface area contributed by atoms with Gasteiger partial charge in [0.05, 0.1) is 12.2 Å². The minimum Gasteiger partial charge on any atom is -0.457 e. The van der Waals surface area contributed by atoms with Crippen molar-refractivity contribution in [1.82, 2.24) is 15.6 Å². The molecule has 0 spiro atoms. The standard InChI is InChI=1S/C20H18FN3O2/c21-16-6-10-19(11-7-16)26-18-8-4-15(5-9-18)13-23-20(25)24-14-17-3-1-2-12-22-17/h1-12H,13-14H2,(H2,23,24,25). The maximum absolute atomic E-state index is 12.9. The topological polar surface area (TPSA) is 63.2 Å². The number of carbonyl (C=O) groups is 1. The maximum atomic E-state index is 12.9. The fourth-order valence-electron chi connectivity index (χ4n) is 2.23. The van der Waals surface area contributed by atoms with E-state index in [9.17, 15) is 9.18 Å². The summed E-state index contributed by atoms with van der Waals surface area (Å²) in [5.74, 6) is 0.895. The lowest BCUT2D eigenvalue weighted by atomic mass is 10.2. The highest BCUT2D eigenvalue weighted by atomic mass is 19.1. The molecule has 0 unspecified atom stereocenters. The first-order valence-electron chi connectivity index (χ1n) is 8.13. The summed E-state index contributed by atoms with van der Waals surface area (Å²) in [5.41, 5.74) is 1.73. The molecule has 3 rings (SSSR count). The zero-order chi connectivity index (χ0) is 18.2. The molecule has 0 aliphatic carbocycles. The average Bonchev–Trinajstić information content (AvgIpc) is 2.68. The van der Waals surface area contributed by atoms with Crippen LogP contribution in [0.4, 0.5) is 9.18 Å². The van der Waals surface area contributed by atoms with Crippen molar-refractivity contribution < 1.29 is 13.9 Å². The fraction of sp³-hybridized carbons (Fsp3) is 0.100. The number of nitrogens with one attached hydrogen (secondary N) is 2. The molecule has 2 amide bonds. The molecule has 0 fully saturated rings. The minimum atomic E-state index is -0.305. The molecule has 0 radical (unpaired) electrons. The van der Waals surface area contributed by atoms with E-state index in [0.717, 1.165) is 11.3 Å². The van der Waals surface area contributed by atoms with Crippen LogP contribution < -0.4 is 15.4 Å². The number of hydrogen-bond acceptors (Lipinski definition) is 3. The van der Waals surface area contributed by atoms with E-state index < -0.39 is 0 Å². The maximum Gasteiger partial charge on any atom is 0.315 e. The number of hydrogen-bond donors (Lipinski definition) is 2. The summed E-state index contributed by atoms with van der Waals surface area (Å²) in [6.45, 7) is 0.766. The first-order valence-corrected chi connectivity index (χ1v) is 8.13. The molecule has 3 aromatic rings. The Kier molecular flexibility index (Phi) is 5.77. The van der Waals surface area contributed by atoms with Crippen molar-refractivity contribution in [2.75, 3.05) is 0 Å². The van der Waals surface area contributed by atoms with Crippen LogP contribution in [0.15, 0.2) is 72.9 Å². The van der Waals surface area contributed by atoms with E-state index >= 15 is 0 Å². The van der Waals surface area contributed by atoms with Gasteiger partial charge >= 0.3 is 6.03 Å². The third kappa shape index (κ3) is 5.31. The molecule has 6 heteroatoms. The third-order valence-corrected chi connectivity index (χ3v) is 3.58. The van der Waals surface area contributed by atoms with Crippen LogP contribution in [0.1, 0.15) is 11.3 Å². The Hall–Kier alpha value is -3.41. The summed E-state index contributed by atoms with van der Waals surface area (Å²) in [7, 11) is 0. The van der Waals surface area contributed by atoms with Crippen LogP contribution in [0.25, 0.3) is 0 Å². The molecule has 0 atom stereocenters. The number of halogens is 1. The van der Waals surface area contributed by atoms with Crippen LogP contribution in [0.2, 0.25) is 0 Å². The van der Waals surface area contributed by atoms with Crippen LogP contribution in [0.3, 0.4) is 0 Å². The highest BCUT2D eigenvalue weighted by Crippen LogP contribution is 2.21. The zero-order valence-electron chi connectivity index (χ0n) is 14.0. The number of aromatic nitrogens is 1. The lowest BCUT2D eigenvalue weighted by Gasteiger charge is -2.09. The number of rotatable bonds is 6. The van der Waals surface area contributed by atoms with Crippen LogP contribution in [0, 0.1) is 5.82 Å². The monoisotopic (exact) mass is 351 g/mol. The smallest absolute Gasteiger partial charge is 0.315 e. The highest BCUT2D eigenvalue weighted by Gasteiger charge is 2.02. The van der Waals surface area contributed by atoms with Crippen molar-refractivity contribution in [3.05, 3.63) is 90.0 Å². The lowest BCUT2D eigenvalue weighted by Crippen LogP contribution is -2.34. The Bertz CT molecular complexity index is 837. The molecule has 5 nitrogen and oxygen atoms in total. The third-order valence-electron chi connectivity index (χ3n) is 3.58. The van der Waals surface area contributed by atoms with Crippen molar-refractivity contribution in [2.45, 2.75) is 13.1 Å². The van der Waals surface area contributed by atoms with E-state index in [2.05, 4.69) is 15.6 Å². The average molecular weight is 351 g/mol. The van der Waals surface area contributed by atoms with Gasteiger partial charge in [-0.05, 0) is 54.1 Å². The Labute approximate surface area is 150 Å². The Morgan fingerprint density at radius 3 is 2.19 bits per heavy atom. The molecule has 0 bridgehead atoms. The summed E-state index contributed by atoms with van der Waals surface area (Å²) in [5, 5.41) is 5.53. The molecule has 2 N–H and O–H groups in total. The normalized spacial score (nSPS) is 10.2. The van der Waals surface area contributed by atoms with Gasteiger partial charge in [-0.1, -0.05) is 18.2 Å². The van der Waals surface area contributed by atoms with Gasteiger partial charge in [-0.3, -0.25) is 4.98 Å². The first-order chi connectivity index (χ1) is 12.7. The Morgan fingerprint density at radius 2 is 1.54 bits per heavy atom. The molecular formula is C20H18FN3O2. The second kappa shape index (κ2) is 8.62. The van der Waals surface area contributed by atoms with Gasteiger partial charge in [-0.25, -0.2) is 9.18 Å². The van der Waals surface area contributed by atoms with Crippen molar-refractivity contribution >= 4 is 6.03 Å². The van der Waals surface area contributed by atoms with E-state index in [1.165, 1.54) is 12.1 Å². The van der Waals surface area contributed by atoms with E-state index in [0.29, 0.717) is 24.6 Å². The van der Waals surface area contributed by atoms with Crippen molar-refractivity contribution in [2.24, 2.45) is 0 Å². The lowest BCUT2D eigenvalue weighted by molar-refractivity contribution is 0.240. The Morgan fingerprint density at radius 1 is 0.885 bits per heavy atom. The summed E-state index contributed by atoms with van der Waals surface area (Å²) >= 11 is 0. The van der Waals surface area contributed by atoms with Crippen LogP contribution >= 0.6 is 0 Å². The molecule has 2 aromatic carbocycles. The van der Waals surface area contributed by atoms with Crippen LogP contribution in [-0.2, 0) is 13.1 Å². The number of benzene rings is 2. The minimum absolute atomic E-state index is 0.262. The second-order valence-corrected chi connectivity index (χ2v) is 5.56. The molecule has 0 aliphatic heterocycles. The number of ether oxygens (including phenoxy) is 1. The largest absolute Gasteiger partial charge is 0.457 e. The fourth-order valence-corrected chi connectivity index (χ4v) is 2.23. The van der Waals surface area contributed by atoms with Crippen molar-refractivity contribution in [3.63, 3.8) is 0 Å². The van der Waals surface area contributed by atoms with Gasteiger partial charge in [0.1, 0.15) is 17.3 Å². The Balaban J connectivity index is 1.45. The highest BCUT2D eigenvalue weighted by molar-refractivity contribution is 5.73. The van der Waals surface area contributed by atoms with Gasteiger partial charge in [0, 0.05) is 12.7 Å². The first kappa shape index (κ1) is 17.4. The quantitative estimate of drug-likeness (QED) is 0.705. The summed E-state index contributed by atoms with van der Waals surface area (Å²) in [4.78, 5) is 16.0. The van der Waals surface area contributed by atoms with Gasteiger partial charge in [-0.15, -0.1) is 0 Å². The number of amides is 2. The number of carbonyl (C=O) groups excluding carboxylic acids is 1. The van der Waals surface area contributed by atoms with Crippen LogP contribution in [-0.4, -0.2) is 11.0 Å². The molecule has 132 valence electrons. The molecule has 26 heavy (non-hydrogen) atoms. The summed E-state index contributed by atoms with van der Waals surface area (Å²) in [6.07, 6.45) is 1.69. The van der Waals surface area contributed by atoms with Crippen LogP contribution in [0.5, 0.6) is 11.5 Å². The van der Waals surface area contributed by atoms with Crippen molar-refractivity contribution in [1.29, 1.82) is 0 Å². The molecule has 1 heterocycles. The van der Waals surface area contributed by atoms with E-state index in [4.69, 9.17) is 4.74 Å². The van der Waals surface area contributed by atoms with E-state index in [-0.39, 0.29) is 11.8 Å². The summed E-state index contributed by atoms with van der Waals surface area (Å²) < 4.78 is 18.5. The molecule has 0 saturated heterocycles. The van der Waals surface area contributed by atoms with E-state index in [1.54, 1.807) is 30.5 Å². The van der Waals surface area contributed by atoms with Gasteiger partial charge in [0.15, 0.2) is 0 Å². The van der Waals surface area contributed by atoms with Gasteiger partial charge < -0.3 is 15.4 Å². The van der Waals surface area contributed by atoms with Gasteiger partial charge in [-0.2, -0.15) is 0 Å². The number of nitrogens with zero attached hydrogens (tertiary/aromatic N) is 1. The second-order valence-electron chi connectivity index (χ2n) is 5.56. The predicted molar refractivity (Wildman–Crippen MR) is 96.2 cm³/mol. The van der Waals surface area contributed by atoms with E-state index in [1.807, 2.05) is 30.3 Å². The molecule has 0 aliphatic rings. The SMILES string of the molecule is O=C(NCc1ccc(Oc2ccc(F)cc2)cc1)NCc1ccccn1. The predicted octanol–water partition coefficient (Wildman–Crippen LogP) is 4.01. The number of urea groups is 1.